The largest absolute Gasteiger partial charge is 0.459 e. The number of hydrogen-bond acceptors (Lipinski definition) is 7. The summed E-state index contributed by atoms with van der Waals surface area (Å²) in [7, 11) is 3.71. The number of amides is 2. The predicted molar refractivity (Wildman–Crippen MR) is 116 cm³/mol. The Morgan fingerprint density at radius 3 is 2.40 bits per heavy atom. The fourth-order valence-electron chi connectivity index (χ4n) is 3.14. The number of nitrogens with zero attached hydrogens (tertiary/aromatic N) is 3. The van der Waals surface area contributed by atoms with Gasteiger partial charge in [-0.1, -0.05) is 0 Å². The third kappa shape index (κ3) is 5.25. The van der Waals surface area contributed by atoms with Gasteiger partial charge in [-0.25, -0.2) is 4.79 Å². The molecule has 0 spiro atoms. The summed E-state index contributed by atoms with van der Waals surface area (Å²) in [6.45, 7) is 9.63. The normalized spacial score (nSPS) is 11.2. The lowest BCUT2D eigenvalue weighted by Crippen LogP contribution is -2.30. The molecule has 0 aliphatic heterocycles. The quantitative estimate of drug-likeness (QED) is 0.613. The van der Waals surface area contributed by atoms with Crippen molar-refractivity contribution in [2.24, 2.45) is 12.8 Å². The monoisotopic (exact) mass is 435 g/mol. The van der Waals surface area contributed by atoms with E-state index in [1.54, 1.807) is 20.8 Å². The van der Waals surface area contributed by atoms with Gasteiger partial charge < -0.3 is 15.8 Å². The van der Waals surface area contributed by atoms with Gasteiger partial charge >= 0.3 is 5.97 Å². The van der Waals surface area contributed by atoms with E-state index < -0.39 is 11.9 Å². The van der Waals surface area contributed by atoms with Gasteiger partial charge in [0.05, 0.1) is 28.8 Å². The van der Waals surface area contributed by atoms with Crippen LogP contribution in [0.3, 0.4) is 0 Å². The summed E-state index contributed by atoms with van der Waals surface area (Å²) in [5.74, 6) is -1.57. The van der Waals surface area contributed by atoms with E-state index in [0.717, 1.165) is 28.3 Å². The van der Waals surface area contributed by atoms with E-state index in [9.17, 15) is 14.4 Å². The zero-order valence-electron chi connectivity index (χ0n) is 18.5. The minimum Gasteiger partial charge on any atom is -0.459 e. The minimum atomic E-state index is -0.656. The second kappa shape index (κ2) is 9.40. The number of thiophene rings is 1. The Kier molecular flexibility index (Phi) is 7.38. The van der Waals surface area contributed by atoms with Crippen molar-refractivity contribution in [2.75, 3.05) is 18.9 Å². The third-order valence-corrected chi connectivity index (χ3v) is 5.89. The molecule has 3 N–H and O–H groups in total. The molecule has 2 aromatic heterocycles. The fourth-order valence-corrected chi connectivity index (χ4v) is 4.20. The zero-order chi connectivity index (χ0) is 22.7. The molecule has 10 heteroatoms. The van der Waals surface area contributed by atoms with E-state index in [1.807, 2.05) is 37.5 Å². The molecule has 0 aliphatic rings. The van der Waals surface area contributed by atoms with Crippen LogP contribution >= 0.6 is 11.3 Å². The van der Waals surface area contributed by atoms with Crippen molar-refractivity contribution in [2.45, 2.75) is 47.3 Å². The smallest absolute Gasteiger partial charge is 0.341 e. The lowest BCUT2D eigenvalue weighted by Gasteiger charge is -2.17. The first-order valence-electron chi connectivity index (χ1n) is 9.54. The molecule has 2 rings (SSSR count). The van der Waals surface area contributed by atoms with Crippen LogP contribution in [-0.2, 0) is 23.1 Å². The summed E-state index contributed by atoms with van der Waals surface area (Å²) in [6, 6.07) is 0. The maximum absolute atomic E-state index is 12.6. The highest BCUT2D eigenvalue weighted by atomic mass is 32.1. The first-order chi connectivity index (χ1) is 13.9. The maximum atomic E-state index is 12.6. The second-order valence-corrected chi connectivity index (χ2v) is 8.59. The third-order valence-electron chi connectivity index (χ3n) is 4.67. The zero-order valence-corrected chi connectivity index (χ0v) is 19.3. The van der Waals surface area contributed by atoms with E-state index in [-0.39, 0.29) is 34.0 Å². The highest BCUT2D eigenvalue weighted by Crippen LogP contribution is 2.33. The summed E-state index contributed by atoms with van der Waals surface area (Å²) in [4.78, 5) is 38.9. The number of primary amides is 1. The van der Waals surface area contributed by atoms with E-state index in [1.165, 1.54) is 0 Å². The molecular formula is C20H29N5O4S. The van der Waals surface area contributed by atoms with Crippen LogP contribution in [0.15, 0.2) is 0 Å². The van der Waals surface area contributed by atoms with Crippen LogP contribution in [0.5, 0.6) is 0 Å². The molecule has 30 heavy (non-hydrogen) atoms. The first-order valence-corrected chi connectivity index (χ1v) is 10.4. The topological polar surface area (TPSA) is 120 Å². The standard InChI is InChI=1S/C20H29N5O4S/c1-10(2)29-20(28)16-11(3)17(18(21)27)30-19(16)22-15(26)9-24(6)8-14-12(4)23-25(7)13(14)5/h10H,8-9H2,1-7H3,(H2,21,27)(H,22,26). The van der Waals surface area contributed by atoms with Crippen LogP contribution in [0.4, 0.5) is 5.00 Å². The van der Waals surface area contributed by atoms with Crippen LogP contribution in [0.25, 0.3) is 0 Å². The molecular weight excluding hydrogens is 406 g/mol. The Morgan fingerprint density at radius 1 is 1.27 bits per heavy atom. The van der Waals surface area contributed by atoms with Crippen LogP contribution in [-0.4, -0.2) is 52.2 Å². The Morgan fingerprint density at radius 2 is 1.90 bits per heavy atom. The molecule has 0 atom stereocenters. The Labute approximate surface area is 180 Å². The summed E-state index contributed by atoms with van der Waals surface area (Å²) in [5, 5.41) is 7.39. The molecule has 9 nitrogen and oxygen atoms in total. The molecule has 0 saturated carbocycles. The highest BCUT2D eigenvalue weighted by molar-refractivity contribution is 7.18. The number of carbonyl (C=O) groups excluding carboxylic acids is 3. The molecule has 2 aromatic rings. The SMILES string of the molecule is Cc1nn(C)c(C)c1CN(C)CC(=O)Nc1sc(C(N)=O)c(C)c1C(=O)OC(C)C. The van der Waals surface area contributed by atoms with E-state index >= 15 is 0 Å². The lowest BCUT2D eigenvalue weighted by atomic mass is 10.1. The molecule has 164 valence electrons. The maximum Gasteiger partial charge on any atom is 0.341 e. The fraction of sp³-hybridized carbons (Fsp3) is 0.500. The van der Waals surface area contributed by atoms with Gasteiger partial charge in [0.2, 0.25) is 5.91 Å². The first kappa shape index (κ1) is 23.6. The summed E-state index contributed by atoms with van der Waals surface area (Å²) in [6.07, 6.45) is -0.338. The number of ether oxygens (including phenoxy) is 1. The van der Waals surface area contributed by atoms with Crippen LogP contribution < -0.4 is 11.1 Å². The minimum absolute atomic E-state index is 0.0926. The van der Waals surface area contributed by atoms with Gasteiger partial charge in [-0.3, -0.25) is 19.2 Å². The molecule has 0 fully saturated rings. The van der Waals surface area contributed by atoms with Gasteiger partial charge in [-0.15, -0.1) is 11.3 Å². The second-order valence-electron chi connectivity index (χ2n) is 7.57. The number of anilines is 1. The average Bonchev–Trinajstić information content (AvgIpc) is 3.05. The molecule has 2 amide bonds. The van der Waals surface area contributed by atoms with E-state index in [2.05, 4.69) is 10.4 Å². The molecule has 0 aliphatic carbocycles. The van der Waals surface area contributed by atoms with Crippen molar-refractivity contribution in [1.29, 1.82) is 0 Å². The average molecular weight is 436 g/mol. The van der Waals surface area contributed by atoms with Crippen LogP contribution in [0, 0.1) is 20.8 Å². The van der Waals surface area contributed by atoms with Gasteiger partial charge in [0.15, 0.2) is 0 Å². The van der Waals surface area contributed by atoms with Crippen molar-refractivity contribution in [3.63, 3.8) is 0 Å². The Hall–Kier alpha value is -2.72. The van der Waals surface area contributed by atoms with Gasteiger partial charge in [0.1, 0.15) is 5.00 Å². The van der Waals surface area contributed by atoms with Gasteiger partial charge in [0.25, 0.3) is 5.91 Å². The van der Waals surface area contributed by atoms with Crippen molar-refractivity contribution < 1.29 is 19.1 Å². The lowest BCUT2D eigenvalue weighted by molar-refractivity contribution is -0.117. The molecule has 2 heterocycles. The van der Waals surface area contributed by atoms with Gasteiger partial charge in [-0.2, -0.15) is 5.10 Å². The van der Waals surface area contributed by atoms with Crippen molar-refractivity contribution in [3.8, 4) is 0 Å². The van der Waals surface area contributed by atoms with Crippen molar-refractivity contribution in [3.05, 3.63) is 33.0 Å². The number of nitrogens with one attached hydrogen (secondary N) is 1. The number of hydrogen-bond donors (Lipinski definition) is 2. The number of aromatic nitrogens is 2. The summed E-state index contributed by atoms with van der Waals surface area (Å²) < 4.78 is 7.08. The van der Waals surface area contributed by atoms with Crippen molar-refractivity contribution in [1.82, 2.24) is 14.7 Å². The van der Waals surface area contributed by atoms with Crippen LogP contribution in [0.2, 0.25) is 0 Å². The number of nitrogens with two attached hydrogens (primary N) is 1. The highest BCUT2D eigenvalue weighted by Gasteiger charge is 2.26. The molecule has 0 unspecified atom stereocenters. The van der Waals surface area contributed by atoms with E-state index in [4.69, 9.17) is 10.5 Å². The van der Waals surface area contributed by atoms with Crippen LogP contribution in [0.1, 0.15) is 56.4 Å². The Balaban J connectivity index is 2.18. The summed E-state index contributed by atoms with van der Waals surface area (Å²) in [5.41, 5.74) is 9.01. The molecule has 0 radical (unpaired) electrons. The molecule has 0 saturated heterocycles. The Bertz CT molecular complexity index is 976. The number of likely N-dealkylation sites (N-methyl/N-ethyl adjacent to an activating group) is 1. The molecule has 0 bridgehead atoms. The molecule has 0 aromatic carbocycles. The van der Waals surface area contributed by atoms with Gasteiger partial charge in [0, 0.05) is 24.8 Å². The number of rotatable bonds is 8. The van der Waals surface area contributed by atoms with Crippen molar-refractivity contribution >= 4 is 34.1 Å². The predicted octanol–water partition coefficient (Wildman–Crippen LogP) is 2.14. The van der Waals surface area contributed by atoms with E-state index in [0.29, 0.717) is 12.1 Å². The van der Waals surface area contributed by atoms with Gasteiger partial charge in [-0.05, 0) is 47.2 Å². The number of aryl methyl sites for hydroxylation is 2. The number of esters is 1. The number of carbonyl (C=O) groups is 3. The summed E-state index contributed by atoms with van der Waals surface area (Å²) >= 11 is 0.978.